The number of aryl methyl sites for hydroxylation is 1. The minimum atomic E-state index is 0.842. The first-order valence-electron chi connectivity index (χ1n) is 5.19. The van der Waals surface area contributed by atoms with E-state index < -0.39 is 0 Å². The van der Waals surface area contributed by atoms with E-state index in [-0.39, 0.29) is 0 Å². The molecule has 0 atom stereocenters. The standard InChI is InChI=1S/C9H16N4OS/c1-8-11-9(15-12-8)10-2-3-13-4-6-14-7-5-13/h2-7H2,1H3,(H,10,11,12). The third-order valence-corrected chi connectivity index (χ3v) is 3.10. The lowest BCUT2D eigenvalue weighted by Gasteiger charge is -2.26. The molecule has 1 saturated heterocycles. The molecule has 1 aromatic rings. The van der Waals surface area contributed by atoms with Gasteiger partial charge in [0.25, 0.3) is 0 Å². The second kappa shape index (κ2) is 5.39. The van der Waals surface area contributed by atoms with Gasteiger partial charge in [-0.2, -0.15) is 4.37 Å². The monoisotopic (exact) mass is 228 g/mol. The molecule has 0 aromatic carbocycles. The average Bonchev–Trinajstić information content (AvgIpc) is 2.66. The van der Waals surface area contributed by atoms with Gasteiger partial charge in [0, 0.05) is 37.7 Å². The lowest BCUT2D eigenvalue weighted by atomic mass is 10.4. The second-order valence-electron chi connectivity index (χ2n) is 3.53. The van der Waals surface area contributed by atoms with Crippen LogP contribution in [0.5, 0.6) is 0 Å². The van der Waals surface area contributed by atoms with Crippen LogP contribution in [0.2, 0.25) is 0 Å². The molecule has 1 aliphatic heterocycles. The Balaban J connectivity index is 1.65. The zero-order chi connectivity index (χ0) is 10.5. The Morgan fingerprint density at radius 2 is 2.27 bits per heavy atom. The first-order valence-corrected chi connectivity index (χ1v) is 5.96. The van der Waals surface area contributed by atoms with Gasteiger partial charge in [0.1, 0.15) is 5.82 Å². The highest BCUT2D eigenvalue weighted by atomic mass is 32.1. The van der Waals surface area contributed by atoms with Crippen LogP contribution in [0.4, 0.5) is 5.13 Å². The van der Waals surface area contributed by atoms with Crippen molar-refractivity contribution in [1.82, 2.24) is 14.3 Å². The molecule has 2 rings (SSSR count). The van der Waals surface area contributed by atoms with Crippen molar-refractivity contribution in [2.75, 3.05) is 44.7 Å². The van der Waals surface area contributed by atoms with Crippen molar-refractivity contribution in [3.63, 3.8) is 0 Å². The molecule has 15 heavy (non-hydrogen) atoms. The highest BCUT2D eigenvalue weighted by Gasteiger charge is 2.09. The van der Waals surface area contributed by atoms with E-state index in [4.69, 9.17) is 4.74 Å². The fourth-order valence-corrected chi connectivity index (χ4v) is 2.11. The number of morpholine rings is 1. The Bertz CT molecular complexity index is 298. The molecule has 0 radical (unpaired) electrons. The van der Waals surface area contributed by atoms with Crippen LogP contribution in [0.3, 0.4) is 0 Å². The van der Waals surface area contributed by atoms with Gasteiger partial charge in [0.05, 0.1) is 13.2 Å². The van der Waals surface area contributed by atoms with Crippen LogP contribution < -0.4 is 5.32 Å². The highest BCUT2D eigenvalue weighted by molar-refractivity contribution is 7.09. The van der Waals surface area contributed by atoms with Crippen LogP contribution in [-0.4, -0.2) is 53.7 Å². The minimum Gasteiger partial charge on any atom is -0.379 e. The summed E-state index contributed by atoms with van der Waals surface area (Å²) in [5, 5.41) is 4.19. The van der Waals surface area contributed by atoms with E-state index in [0.29, 0.717) is 0 Å². The second-order valence-corrected chi connectivity index (χ2v) is 4.28. The molecule has 1 aliphatic rings. The third kappa shape index (κ3) is 3.40. The van der Waals surface area contributed by atoms with Gasteiger partial charge in [-0.15, -0.1) is 0 Å². The molecule has 0 amide bonds. The Morgan fingerprint density at radius 3 is 2.93 bits per heavy atom. The molecule has 84 valence electrons. The van der Waals surface area contributed by atoms with Gasteiger partial charge in [0.15, 0.2) is 0 Å². The topological polar surface area (TPSA) is 50.3 Å². The van der Waals surface area contributed by atoms with Crippen molar-refractivity contribution in [2.24, 2.45) is 0 Å². The zero-order valence-electron chi connectivity index (χ0n) is 8.90. The Labute approximate surface area is 93.6 Å². The Hall–Kier alpha value is -0.720. The predicted molar refractivity (Wildman–Crippen MR) is 60.4 cm³/mol. The zero-order valence-corrected chi connectivity index (χ0v) is 9.72. The number of nitrogens with zero attached hydrogens (tertiary/aromatic N) is 3. The van der Waals surface area contributed by atoms with Crippen LogP contribution in [0, 0.1) is 6.92 Å². The molecule has 1 N–H and O–H groups in total. The quantitative estimate of drug-likeness (QED) is 0.817. The number of ether oxygens (including phenoxy) is 1. The summed E-state index contributed by atoms with van der Waals surface area (Å²) in [4.78, 5) is 6.64. The number of aromatic nitrogens is 2. The summed E-state index contributed by atoms with van der Waals surface area (Å²) >= 11 is 1.42. The molecule has 2 heterocycles. The molecule has 0 aliphatic carbocycles. The Morgan fingerprint density at radius 1 is 1.47 bits per heavy atom. The van der Waals surface area contributed by atoms with Gasteiger partial charge in [0.2, 0.25) is 5.13 Å². The van der Waals surface area contributed by atoms with Crippen molar-refractivity contribution < 1.29 is 4.74 Å². The summed E-state index contributed by atoms with van der Waals surface area (Å²) < 4.78 is 9.40. The molecule has 0 saturated carbocycles. The maximum absolute atomic E-state index is 5.29. The minimum absolute atomic E-state index is 0.842. The maximum Gasteiger partial charge on any atom is 0.202 e. The third-order valence-electron chi connectivity index (χ3n) is 2.34. The lowest BCUT2D eigenvalue weighted by Crippen LogP contribution is -2.38. The fourth-order valence-electron chi connectivity index (χ4n) is 1.51. The van der Waals surface area contributed by atoms with Crippen LogP contribution in [0.1, 0.15) is 5.82 Å². The smallest absolute Gasteiger partial charge is 0.202 e. The van der Waals surface area contributed by atoms with Crippen molar-refractivity contribution in [3.8, 4) is 0 Å². The number of hydrogen-bond donors (Lipinski definition) is 1. The predicted octanol–water partition coefficient (Wildman–Crippen LogP) is 0.591. The molecule has 1 fully saturated rings. The van der Waals surface area contributed by atoms with Crippen LogP contribution in [-0.2, 0) is 4.74 Å². The van der Waals surface area contributed by atoms with Gasteiger partial charge in [-0.05, 0) is 6.92 Å². The van der Waals surface area contributed by atoms with Crippen LogP contribution in [0.25, 0.3) is 0 Å². The molecule has 0 bridgehead atoms. The van der Waals surface area contributed by atoms with E-state index in [1.807, 2.05) is 6.92 Å². The number of hydrogen-bond acceptors (Lipinski definition) is 6. The van der Waals surface area contributed by atoms with Crippen molar-refractivity contribution in [2.45, 2.75) is 6.92 Å². The summed E-state index contributed by atoms with van der Waals surface area (Å²) in [7, 11) is 0. The Kier molecular flexibility index (Phi) is 3.87. The van der Waals surface area contributed by atoms with E-state index in [0.717, 1.165) is 50.3 Å². The summed E-state index contributed by atoms with van der Waals surface area (Å²) in [5.41, 5.74) is 0. The molecule has 0 unspecified atom stereocenters. The molecular formula is C9H16N4OS. The summed E-state index contributed by atoms with van der Waals surface area (Å²) in [5.74, 6) is 0.842. The fraction of sp³-hybridized carbons (Fsp3) is 0.778. The van der Waals surface area contributed by atoms with E-state index in [1.54, 1.807) is 0 Å². The van der Waals surface area contributed by atoms with E-state index >= 15 is 0 Å². The van der Waals surface area contributed by atoms with E-state index in [2.05, 4.69) is 19.6 Å². The van der Waals surface area contributed by atoms with Gasteiger partial charge >= 0.3 is 0 Å². The summed E-state index contributed by atoms with van der Waals surface area (Å²) in [6.45, 7) is 7.67. The molecule has 6 heteroatoms. The lowest BCUT2D eigenvalue weighted by molar-refractivity contribution is 0.0398. The molecular weight excluding hydrogens is 212 g/mol. The average molecular weight is 228 g/mol. The van der Waals surface area contributed by atoms with Gasteiger partial charge in [-0.25, -0.2) is 4.98 Å². The highest BCUT2D eigenvalue weighted by Crippen LogP contribution is 2.09. The molecule has 1 aromatic heterocycles. The van der Waals surface area contributed by atoms with Gasteiger partial charge in [-0.3, -0.25) is 4.90 Å². The first kappa shape index (κ1) is 10.8. The largest absolute Gasteiger partial charge is 0.379 e. The van der Waals surface area contributed by atoms with E-state index in [9.17, 15) is 0 Å². The molecule has 5 nitrogen and oxygen atoms in total. The van der Waals surface area contributed by atoms with Crippen molar-refractivity contribution in [1.29, 1.82) is 0 Å². The van der Waals surface area contributed by atoms with Crippen molar-refractivity contribution >= 4 is 16.7 Å². The van der Waals surface area contributed by atoms with E-state index in [1.165, 1.54) is 11.5 Å². The maximum atomic E-state index is 5.29. The first-order chi connectivity index (χ1) is 7.34. The van der Waals surface area contributed by atoms with Gasteiger partial charge < -0.3 is 10.1 Å². The van der Waals surface area contributed by atoms with Crippen molar-refractivity contribution in [3.05, 3.63) is 5.82 Å². The summed E-state index contributed by atoms with van der Waals surface area (Å²) in [6, 6.07) is 0. The number of anilines is 1. The van der Waals surface area contributed by atoms with Gasteiger partial charge in [-0.1, -0.05) is 0 Å². The normalized spacial score (nSPS) is 17.9. The number of nitrogens with one attached hydrogen (secondary N) is 1. The van der Waals surface area contributed by atoms with Crippen LogP contribution >= 0.6 is 11.5 Å². The SMILES string of the molecule is Cc1nsc(NCCN2CCOCC2)n1. The molecule has 0 spiro atoms. The number of rotatable bonds is 4. The summed E-state index contributed by atoms with van der Waals surface area (Å²) in [6.07, 6.45) is 0. The van der Waals surface area contributed by atoms with Crippen LogP contribution in [0.15, 0.2) is 0 Å².